The molecule has 174 valence electrons. The SMILES string of the molecule is NC(=O)c1cc(F)c(N[C@@H]2CCCC[C@@H]2N)nc1Nc1ccc2cc(-n3cccn3)cnc2c1. The molecule has 0 radical (unpaired) electrons. The molecule has 1 amide bonds. The number of amides is 1. The van der Waals surface area contributed by atoms with Crippen LogP contribution >= 0.6 is 0 Å². The molecule has 6 N–H and O–H groups in total. The zero-order valence-corrected chi connectivity index (χ0v) is 18.4. The number of rotatable bonds is 6. The van der Waals surface area contributed by atoms with Crippen LogP contribution in [-0.2, 0) is 0 Å². The fourth-order valence-electron chi connectivity index (χ4n) is 4.26. The second kappa shape index (κ2) is 9.06. The third kappa shape index (κ3) is 4.40. The molecular weight excluding hydrogens is 435 g/mol. The lowest BCUT2D eigenvalue weighted by molar-refractivity contribution is 0.100. The summed E-state index contributed by atoms with van der Waals surface area (Å²) in [6, 6.07) is 10.3. The normalized spacial score (nSPS) is 18.1. The van der Waals surface area contributed by atoms with Crippen molar-refractivity contribution in [1.29, 1.82) is 0 Å². The van der Waals surface area contributed by atoms with E-state index in [4.69, 9.17) is 11.5 Å². The Kier molecular flexibility index (Phi) is 5.81. The number of anilines is 3. The van der Waals surface area contributed by atoms with Crippen molar-refractivity contribution < 1.29 is 9.18 Å². The lowest BCUT2D eigenvalue weighted by Gasteiger charge is -2.30. The molecule has 1 aliphatic carbocycles. The number of hydrogen-bond donors (Lipinski definition) is 4. The van der Waals surface area contributed by atoms with E-state index in [-0.39, 0.29) is 29.3 Å². The highest BCUT2D eigenvalue weighted by atomic mass is 19.1. The summed E-state index contributed by atoms with van der Waals surface area (Å²) < 4.78 is 16.5. The minimum absolute atomic E-state index is 0.0395. The highest BCUT2D eigenvalue weighted by molar-refractivity contribution is 5.99. The number of carbonyl (C=O) groups excluding carboxylic acids is 1. The van der Waals surface area contributed by atoms with Crippen molar-refractivity contribution in [3.8, 4) is 5.69 Å². The summed E-state index contributed by atoms with van der Waals surface area (Å²) >= 11 is 0. The smallest absolute Gasteiger partial charge is 0.252 e. The number of nitrogens with two attached hydrogens (primary N) is 2. The quantitative estimate of drug-likeness (QED) is 0.346. The van der Waals surface area contributed by atoms with Crippen LogP contribution in [0.1, 0.15) is 36.0 Å². The molecule has 1 saturated carbocycles. The van der Waals surface area contributed by atoms with Gasteiger partial charge in [0.25, 0.3) is 5.91 Å². The lowest BCUT2D eigenvalue weighted by Crippen LogP contribution is -2.43. The Hall–Kier alpha value is -4.05. The van der Waals surface area contributed by atoms with Gasteiger partial charge in [0.2, 0.25) is 0 Å². The molecule has 10 heteroatoms. The van der Waals surface area contributed by atoms with Crippen LogP contribution in [0.15, 0.2) is 55.0 Å². The summed E-state index contributed by atoms with van der Waals surface area (Å²) in [6.07, 6.45) is 9.05. The summed E-state index contributed by atoms with van der Waals surface area (Å²) in [5, 5.41) is 11.3. The van der Waals surface area contributed by atoms with Crippen LogP contribution in [0.4, 0.5) is 21.7 Å². The molecule has 34 heavy (non-hydrogen) atoms. The average molecular weight is 461 g/mol. The predicted molar refractivity (Wildman–Crippen MR) is 129 cm³/mol. The van der Waals surface area contributed by atoms with E-state index in [1.807, 2.05) is 36.5 Å². The zero-order chi connectivity index (χ0) is 23.7. The Morgan fingerprint density at radius 3 is 2.76 bits per heavy atom. The summed E-state index contributed by atoms with van der Waals surface area (Å²) in [6.45, 7) is 0. The van der Waals surface area contributed by atoms with Gasteiger partial charge in [-0.15, -0.1) is 0 Å². The maximum atomic E-state index is 14.8. The maximum absolute atomic E-state index is 14.8. The molecule has 0 spiro atoms. The number of nitrogens with one attached hydrogen (secondary N) is 2. The largest absolute Gasteiger partial charge is 0.365 e. The molecule has 2 atom stereocenters. The third-order valence-corrected chi connectivity index (χ3v) is 6.08. The molecule has 0 aliphatic heterocycles. The van der Waals surface area contributed by atoms with Crippen molar-refractivity contribution in [3.05, 3.63) is 66.4 Å². The average Bonchev–Trinajstić information content (AvgIpc) is 3.37. The van der Waals surface area contributed by atoms with Gasteiger partial charge in [-0.25, -0.2) is 14.1 Å². The van der Waals surface area contributed by atoms with Crippen molar-refractivity contribution in [2.24, 2.45) is 11.5 Å². The Balaban J connectivity index is 1.45. The first kappa shape index (κ1) is 21.8. The van der Waals surface area contributed by atoms with Gasteiger partial charge in [0.1, 0.15) is 5.82 Å². The fraction of sp³-hybridized carbons (Fsp3) is 0.250. The van der Waals surface area contributed by atoms with Crippen molar-refractivity contribution in [1.82, 2.24) is 19.7 Å². The van der Waals surface area contributed by atoms with Crippen molar-refractivity contribution in [2.45, 2.75) is 37.8 Å². The highest BCUT2D eigenvalue weighted by Gasteiger charge is 2.24. The van der Waals surface area contributed by atoms with Gasteiger partial charge >= 0.3 is 0 Å². The van der Waals surface area contributed by atoms with Gasteiger partial charge < -0.3 is 22.1 Å². The number of nitrogens with zero attached hydrogens (tertiary/aromatic N) is 4. The molecule has 3 aromatic heterocycles. The predicted octanol–water partition coefficient (Wildman–Crippen LogP) is 3.48. The van der Waals surface area contributed by atoms with Crippen LogP contribution in [0.2, 0.25) is 0 Å². The standard InChI is InChI=1S/C24H25FN8O/c25-18-12-17(22(27)34)23(32-24(18)31-20-5-2-1-4-19(20)26)30-15-7-6-14-10-16(13-28-21(14)11-15)33-9-3-8-29-33/h3,6-13,19-20H,1-2,4-5,26H2,(H2,27,34)(H2,30,31,32)/t19-,20+/m0/s1. The van der Waals surface area contributed by atoms with E-state index in [2.05, 4.69) is 25.7 Å². The van der Waals surface area contributed by atoms with Gasteiger partial charge in [0.15, 0.2) is 11.6 Å². The van der Waals surface area contributed by atoms with Crippen LogP contribution in [0, 0.1) is 5.82 Å². The number of aromatic nitrogens is 4. The maximum Gasteiger partial charge on any atom is 0.252 e. The second-order valence-electron chi connectivity index (χ2n) is 8.45. The van der Waals surface area contributed by atoms with Crippen LogP contribution in [0.5, 0.6) is 0 Å². The summed E-state index contributed by atoms with van der Waals surface area (Å²) in [5.41, 5.74) is 13.9. The molecule has 4 aromatic rings. The van der Waals surface area contributed by atoms with Gasteiger partial charge in [-0.1, -0.05) is 18.9 Å². The number of carbonyl (C=O) groups is 1. The summed E-state index contributed by atoms with van der Waals surface area (Å²) in [4.78, 5) is 20.9. The van der Waals surface area contributed by atoms with Crippen LogP contribution in [0.3, 0.4) is 0 Å². The van der Waals surface area contributed by atoms with E-state index < -0.39 is 11.7 Å². The zero-order valence-electron chi connectivity index (χ0n) is 18.4. The van der Waals surface area contributed by atoms with Crippen molar-refractivity contribution in [2.75, 3.05) is 10.6 Å². The second-order valence-corrected chi connectivity index (χ2v) is 8.45. The Morgan fingerprint density at radius 1 is 1.15 bits per heavy atom. The highest BCUT2D eigenvalue weighted by Crippen LogP contribution is 2.28. The summed E-state index contributed by atoms with van der Waals surface area (Å²) in [7, 11) is 0. The first-order valence-electron chi connectivity index (χ1n) is 11.2. The molecule has 0 bridgehead atoms. The minimum atomic E-state index is -0.780. The van der Waals surface area contributed by atoms with E-state index in [1.54, 1.807) is 17.1 Å². The fourth-order valence-corrected chi connectivity index (χ4v) is 4.26. The number of fused-ring (bicyclic) bond motifs is 1. The van der Waals surface area contributed by atoms with E-state index in [9.17, 15) is 9.18 Å². The van der Waals surface area contributed by atoms with Crippen LogP contribution < -0.4 is 22.1 Å². The molecule has 1 fully saturated rings. The lowest BCUT2D eigenvalue weighted by atomic mass is 9.91. The van der Waals surface area contributed by atoms with E-state index in [0.717, 1.165) is 48.3 Å². The van der Waals surface area contributed by atoms with Crippen LogP contribution in [-0.4, -0.2) is 37.7 Å². The Bertz CT molecular complexity index is 1340. The first-order valence-corrected chi connectivity index (χ1v) is 11.2. The number of primary amides is 1. The third-order valence-electron chi connectivity index (χ3n) is 6.08. The number of hydrogen-bond acceptors (Lipinski definition) is 7. The Morgan fingerprint density at radius 2 is 2.00 bits per heavy atom. The molecule has 3 heterocycles. The molecule has 1 aliphatic rings. The van der Waals surface area contributed by atoms with Gasteiger partial charge in [-0.2, -0.15) is 5.10 Å². The molecule has 1 aromatic carbocycles. The molecular formula is C24H25FN8O. The summed E-state index contributed by atoms with van der Waals surface area (Å²) in [5.74, 6) is -1.23. The van der Waals surface area contributed by atoms with E-state index in [1.165, 1.54) is 0 Å². The molecule has 5 rings (SSSR count). The van der Waals surface area contributed by atoms with Crippen LogP contribution in [0.25, 0.3) is 16.6 Å². The van der Waals surface area contributed by atoms with Crippen molar-refractivity contribution in [3.63, 3.8) is 0 Å². The van der Waals surface area contributed by atoms with Gasteiger partial charge in [0.05, 0.1) is 23.0 Å². The van der Waals surface area contributed by atoms with E-state index in [0.29, 0.717) is 5.69 Å². The number of halogens is 1. The Labute approximate surface area is 195 Å². The van der Waals surface area contributed by atoms with Crippen molar-refractivity contribution >= 4 is 34.1 Å². The van der Waals surface area contributed by atoms with Gasteiger partial charge in [0, 0.05) is 35.6 Å². The molecule has 0 saturated heterocycles. The first-order chi connectivity index (χ1) is 16.5. The number of benzene rings is 1. The molecule has 0 unspecified atom stereocenters. The molecule has 9 nitrogen and oxygen atoms in total. The van der Waals surface area contributed by atoms with Gasteiger partial charge in [-0.3, -0.25) is 9.78 Å². The monoisotopic (exact) mass is 460 g/mol. The topological polar surface area (TPSA) is 137 Å². The van der Waals surface area contributed by atoms with Gasteiger partial charge in [-0.05, 0) is 43.2 Å². The van der Waals surface area contributed by atoms with E-state index >= 15 is 0 Å². The minimum Gasteiger partial charge on any atom is -0.365 e. The number of pyridine rings is 2.